The van der Waals surface area contributed by atoms with E-state index in [4.69, 9.17) is 16.7 Å². The monoisotopic (exact) mass is 323 g/mol. The van der Waals surface area contributed by atoms with Gasteiger partial charge in [0.1, 0.15) is 0 Å². The quantitative estimate of drug-likeness (QED) is 0.869. The van der Waals surface area contributed by atoms with Crippen LogP contribution >= 0.6 is 23.4 Å². The van der Waals surface area contributed by atoms with Crippen molar-refractivity contribution in [1.29, 1.82) is 0 Å². The van der Waals surface area contributed by atoms with Gasteiger partial charge < -0.3 is 10.0 Å². The molecule has 0 aliphatic carbocycles. The number of rotatable bonds is 3. The van der Waals surface area contributed by atoms with Crippen LogP contribution in [0, 0.1) is 11.8 Å². The average Bonchev–Trinajstić information content (AvgIpc) is 3.02. The van der Waals surface area contributed by atoms with E-state index in [-0.39, 0.29) is 12.5 Å². The number of carbonyl (C=O) groups excluding carboxylic acids is 1. The van der Waals surface area contributed by atoms with Crippen molar-refractivity contribution in [2.75, 3.05) is 25.2 Å². The van der Waals surface area contributed by atoms with Gasteiger partial charge in [0, 0.05) is 36.4 Å². The van der Waals surface area contributed by atoms with E-state index in [0.29, 0.717) is 28.6 Å². The lowest BCUT2D eigenvalue weighted by Gasteiger charge is -2.24. The van der Waals surface area contributed by atoms with E-state index in [0.717, 1.165) is 17.9 Å². The Morgan fingerprint density at radius 3 is 3.00 bits per heavy atom. The van der Waals surface area contributed by atoms with Gasteiger partial charge in [0.05, 0.1) is 11.6 Å². The maximum Gasteiger partial charge on any atom is 0.253 e. The standard InChI is InChI=1S/C16H18ClNO2S/c1-18(14-7-9-21-11-14)16(20)13-6-5-12(15(17)10-13)4-2-3-8-19/h5-6,10,14,19H,3,7-9,11H2,1H3. The molecule has 0 saturated carbocycles. The zero-order valence-electron chi connectivity index (χ0n) is 11.9. The lowest BCUT2D eigenvalue weighted by atomic mass is 10.1. The van der Waals surface area contributed by atoms with Crippen LogP contribution < -0.4 is 0 Å². The minimum Gasteiger partial charge on any atom is -0.395 e. The van der Waals surface area contributed by atoms with Crippen molar-refractivity contribution in [3.8, 4) is 11.8 Å². The Balaban J connectivity index is 2.12. The summed E-state index contributed by atoms with van der Waals surface area (Å²) in [6, 6.07) is 5.50. The fraction of sp³-hybridized carbons (Fsp3) is 0.438. The number of aliphatic hydroxyl groups excluding tert-OH is 1. The molecule has 1 saturated heterocycles. The normalized spacial score (nSPS) is 17.2. The third-order valence-electron chi connectivity index (χ3n) is 3.45. The molecule has 1 heterocycles. The fourth-order valence-corrected chi connectivity index (χ4v) is 3.66. The highest BCUT2D eigenvalue weighted by molar-refractivity contribution is 7.99. The number of benzene rings is 1. The average molecular weight is 324 g/mol. The predicted octanol–water partition coefficient (Wildman–Crippen LogP) is 2.65. The molecule has 2 rings (SSSR count). The first kappa shape index (κ1) is 16.2. The molecule has 21 heavy (non-hydrogen) atoms. The van der Waals surface area contributed by atoms with Gasteiger partial charge in [0.15, 0.2) is 0 Å². The summed E-state index contributed by atoms with van der Waals surface area (Å²) in [5.74, 6) is 7.83. The zero-order valence-corrected chi connectivity index (χ0v) is 13.5. The van der Waals surface area contributed by atoms with E-state index < -0.39 is 0 Å². The second-order valence-corrected chi connectivity index (χ2v) is 6.46. The van der Waals surface area contributed by atoms with Crippen molar-refractivity contribution < 1.29 is 9.90 Å². The van der Waals surface area contributed by atoms with Gasteiger partial charge in [-0.15, -0.1) is 0 Å². The number of nitrogens with zero attached hydrogens (tertiary/aromatic N) is 1. The Bertz CT molecular complexity index is 573. The number of thioether (sulfide) groups is 1. The van der Waals surface area contributed by atoms with E-state index >= 15 is 0 Å². The Kier molecular flexibility index (Phi) is 5.98. The molecule has 1 aliphatic heterocycles. The number of hydrogen-bond acceptors (Lipinski definition) is 3. The van der Waals surface area contributed by atoms with Gasteiger partial charge in [-0.3, -0.25) is 4.79 Å². The maximum absolute atomic E-state index is 12.4. The lowest BCUT2D eigenvalue weighted by molar-refractivity contribution is 0.0748. The van der Waals surface area contributed by atoms with Crippen LogP contribution in [0.2, 0.25) is 5.02 Å². The van der Waals surface area contributed by atoms with Crippen LogP contribution in [-0.4, -0.2) is 47.1 Å². The molecule has 0 bridgehead atoms. The van der Waals surface area contributed by atoms with Gasteiger partial charge in [-0.1, -0.05) is 23.4 Å². The topological polar surface area (TPSA) is 40.5 Å². The Labute approximate surface area is 134 Å². The van der Waals surface area contributed by atoms with Gasteiger partial charge >= 0.3 is 0 Å². The molecule has 0 spiro atoms. The van der Waals surface area contributed by atoms with Crippen LogP contribution in [0.25, 0.3) is 0 Å². The minimum atomic E-state index is -0.000678. The van der Waals surface area contributed by atoms with Gasteiger partial charge in [0.2, 0.25) is 0 Å². The third-order valence-corrected chi connectivity index (χ3v) is 4.91. The molecule has 1 aromatic carbocycles. The van der Waals surface area contributed by atoms with E-state index in [2.05, 4.69) is 11.8 Å². The first-order valence-electron chi connectivity index (χ1n) is 6.87. The predicted molar refractivity (Wildman–Crippen MR) is 87.9 cm³/mol. The number of halogens is 1. The number of carbonyl (C=O) groups is 1. The zero-order chi connectivity index (χ0) is 15.2. The molecular formula is C16H18ClNO2S. The molecule has 0 radical (unpaired) electrons. The number of aliphatic hydroxyl groups is 1. The fourth-order valence-electron chi connectivity index (χ4n) is 2.16. The highest BCUT2D eigenvalue weighted by Crippen LogP contribution is 2.24. The molecule has 1 aliphatic rings. The first-order valence-corrected chi connectivity index (χ1v) is 8.41. The summed E-state index contributed by atoms with van der Waals surface area (Å²) in [5.41, 5.74) is 1.27. The van der Waals surface area contributed by atoms with Gasteiger partial charge in [-0.2, -0.15) is 11.8 Å². The molecule has 1 amide bonds. The van der Waals surface area contributed by atoms with Crippen LogP contribution in [0.4, 0.5) is 0 Å². The third kappa shape index (κ3) is 4.16. The van der Waals surface area contributed by atoms with Crippen molar-refractivity contribution in [3.63, 3.8) is 0 Å². The maximum atomic E-state index is 12.4. The van der Waals surface area contributed by atoms with Crippen molar-refractivity contribution in [1.82, 2.24) is 4.90 Å². The molecule has 0 aromatic heterocycles. The van der Waals surface area contributed by atoms with Crippen LogP contribution in [0.15, 0.2) is 18.2 Å². The van der Waals surface area contributed by atoms with Crippen molar-refractivity contribution in [3.05, 3.63) is 34.3 Å². The summed E-state index contributed by atoms with van der Waals surface area (Å²) in [6.45, 7) is 0.0331. The minimum absolute atomic E-state index is 0.000678. The Morgan fingerprint density at radius 1 is 1.57 bits per heavy atom. The Hall–Kier alpha value is -1.15. The van der Waals surface area contributed by atoms with Gasteiger partial charge in [-0.05, 0) is 30.4 Å². The molecule has 1 N–H and O–H groups in total. The highest BCUT2D eigenvalue weighted by Gasteiger charge is 2.24. The molecule has 1 fully saturated rings. The molecule has 1 atom stereocenters. The second-order valence-electron chi connectivity index (χ2n) is 4.90. The molecule has 112 valence electrons. The van der Waals surface area contributed by atoms with E-state index in [9.17, 15) is 4.79 Å². The van der Waals surface area contributed by atoms with Crippen molar-refractivity contribution in [2.45, 2.75) is 18.9 Å². The molecular weight excluding hydrogens is 306 g/mol. The molecule has 1 aromatic rings. The van der Waals surface area contributed by atoms with Crippen molar-refractivity contribution in [2.24, 2.45) is 0 Å². The van der Waals surface area contributed by atoms with Crippen LogP contribution in [0.1, 0.15) is 28.8 Å². The van der Waals surface area contributed by atoms with E-state index in [1.807, 2.05) is 23.7 Å². The van der Waals surface area contributed by atoms with E-state index in [1.54, 1.807) is 18.2 Å². The van der Waals surface area contributed by atoms with Gasteiger partial charge in [-0.25, -0.2) is 0 Å². The summed E-state index contributed by atoms with van der Waals surface area (Å²) in [6.07, 6.45) is 1.46. The summed E-state index contributed by atoms with van der Waals surface area (Å²) in [5, 5.41) is 9.18. The largest absolute Gasteiger partial charge is 0.395 e. The SMILES string of the molecule is CN(C(=O)c1ccc(C#CCCO)c(Cl)c1)C1CCSC1. The Morgan fingerprint density at radius 2 is 2.38 bits per heavy atom. The van der Waals surface area contributed by atoms with Crippen molar-refractivity contribution >= 4 is 29.3 Å². The van der Waals surface area contributed by atoms with Crippen LogP contribution in [-0.2, 0) is 0 Å². The highest BCUT2D eigenvalue weighted by atomic mass is 35.5. The second kappa shape index (κ2) is 7.74. The van der Waals surface area contributed by atoms with E-state index in [1.165, 1.54) is 0 Å². The van der Waals surface area contributed by atoms with Crippen LogP contribution in [0.3, 0.4) is 0 Å². The molecule has 5 heteroatoms. The summed E-state index contributed by atoms with van der Waals surface area (Å²) in [7, 11) is 1.85. The molecule has 1 unspecified atom stereocenters. The summed E-state index contributed by atoms with van der Waals surface area (Å²) >= 11 is 8.06. The van der Waals surface area contributed by atoms with Crippen LogP contribution in [0.5, 0.6) is 0 Å². The lowest BCUT2D eigenvalue weighted by Crippen LogP contribution is -2.36. The van der Waals surface area contributed by atoms with Gasteiger partial charge in [0.25, 0.3) is 5.91 Å². The summed E-state index contributed by atoms with van der Waals surface area (Å²) in [4.78, 5) is 14.3. The summed E-state index contributed by atoms with van der Waals surface area (Å²) < 4.78 is 0. The number of amides is 1. The smallest absolute Gasteiger partial charge is 0.253 e. The first-order chi connectivity index (χ1) is 10.1. The molecule has 3 nitrogen and oxygen atoms in total. The number of hydrogen-bond donors (Lipinski definition) is 1.